The fourth-order valence-electron chi connectivity index (χ4n) is 17.0. The van der Waals surface area contributed by atoms with Crippen molar-refractivity contribution in [2.45, 2.75) is 159 Å². The fraction of sp³-hybridized carbons (Fsp3) is 0.375. The number of nitrogens with two attached hydrogens (primary N) is 1. The first-order valence-electron chi connectivity index (χ1n) is 38.6. The Morgan fingerprint density at radius 1 is 0.473 bits per heavy atom. The number of benzene rings is 8. The first-order valence-corrected chi connectivity index (χ1v) is 47.5. The molecule has 1 atom stereocenters. The Hall–Kier alpha value is -7.07. The van der Waals surface area contributed by atoms with Gasteiger partial charge in [0.25, 0.3) is 0 Å². The molecule has 4 amide bonds. The Morgan fingerprint density at radius 3 is 1.28 bits per heavy atom. The minimum Gasteiger partial charge on any atom is -0.680 e. The van der Waals surface area contributed by atoms with Crippen LogP contribution in [0.15, 0.2) is 193 Å². The summed E-state index contributed by atoms with van der Waals surface area (Å²) in [5, 5.41) is 19.0. The Morgan fingerprint density at radius 2 is 0.866 bits per heavy atom. The Labute approximate surface area is 690 Å². The van der Waals surface area contributed by atoms with Gasteiger partial charge in [-0.05, 0) is 173 Å². The second-order valence-corrected chi connectivity index (χ2v) is 43.7. The summed E-state index contributed by atoms with van der Waals surface area (Å²) in [7, 11) is 14.9. The van der Waals surface area contributed by atoms with E-state index in [9.17, 15) is 24.0 Å². The SMILES string of the molecule is CC1(C)C2=[N+](CCC(=O)NC3(NC(=O)CCN4/C(=C/C=C/2)C(C)(C)c2c4ccc4ccccc24)SS3)c2ccc3ccccc3c21.CC1(C)C2=[N+](CCC(=O)NCC3(SS3)C(=O)[C@H](CCCCN)NNC(=O)CCN3/C(=C/C=C/2)C(C)(C)c2c3ccc3ccccc23)c2ccc3ccccc3c21.CC1SS1.CC1SS1.C[NH-]. The number of anilines is 2. The summed E-state index contributed by atoms with van der Waals surface area (Å²) in [4.78, 5) is 72.5. The van der Waals surface area contributed by atoms with Gasteiger partial charge in [0.1, 0.15) is 0 Å². The van der Waals surface area contributed by atoms with Crippen molar-refractivity contribution in [1.82, 2.24) is 26.8 Å². The minimum atomic E-state index is -0.798. The van der Waals surface area contributed by atoms with E-state index in [-0.39, 0.29) is 70.5 Å². The van der Waals surface area contributed by atoms with Crippen LogP contribution in [0.1, 0.15) is 136 Å². The Bertz CT molecular complexity index is 5240. The van der Waals surface area contributed by atoms with Crippen molar-refractivity contribution in [2.75, 3.05) is 56.1 Å². The Kier molecular flexibility index (Phi) is 24.5. The van der Waals surface area contributed by atoms with Crippen LogP contribution >= 0.6 is 86.4 Å². The molecule has 10 aliphatic rings. The first-order chi connectivity index (χ1) is 53.8. The number of hydrogen-bond donors (Lipinski definition) is 6. The molecular weight excluding hydrogens is 1550 g/mol. The van der Waals surface area contributed by atoms with Gasteiger partial charge in [0, 0.05) is 94.9 Å². The predicted molar refractivity (Wildman–Crippen MR) is 483 cm³/mol. The molecule has 0 aromatic heterocycles. The number of fused-ring (bicyclic) bond motifs is 18. The van der Waals surface area contributed by atoms with Gasteiger partial charge in [-0.3, -0.25) is 29.4 Å². The number of unbranched alkanes of at least 4 members (excludes halogenated alkanes) is 1. The van der Waals surface area contributed by atoms with E-state index >= 15 is 0 Å². The zero-order valence-corrected chi connectivity index (χ0v) is 72.0. The molecule has 112 heavy (non-hydrogen) atoms. The van der Waals surface area contributed by atoms with Crippen LogP contribution in [-0.4, -0.2) is 120 Å². The number of carbonyl (C=O) groups excluding carboxylic acids is 5. The molecule has 2 spiro atoms. The van der Waals surface area contributed by atoms with Gasteiger partial charge in [-0.1, -0.05) is 220 Å². The topological polar surface area (TPSA) is 208 Å². The summed E-state index contributed by atoms with van der Waals surface area (Å²) in [6, 6.07) is 51.0. The number of hydrogen-bond acceptors (Lipinski definition) is 17. The Balaban J connectivity index is 0.000000168. The zero-order chi connectivity index (χ0) is 79.1. The second kappa shape index (κ2) is 33.6. The van der Waals surface area contributed by atoms with E-state index < -0.39 is 14.4 Å². The summed E-state index contributed by atoms with van der Waals surface area (Å²) in [5.74, 6) is -0.490. The highest BCUT2D eigenvalue weighted by Crippen LogP contribution is 2.65. The number of rotatable bonds is 4. The number of allylic oxidation sites excluding steroid dienone is 8. The van der Waals surface area contributed by atoms with E-state index in [2.05, 4.69) is 297 Å². The lowest BCUT2D eigenvalue weighted by Gasteiger charge is -2.27. The average Bonchev–Trinajstić information content (AvgIpc) is 1.58. The van der Waals surface area contributed by atoms with E-state index in [4.69, 9.17) is 11.5 Å². The number of amides is 4. The molecule has 8 aromatic rings. The molecular formula is C88H100N11O5S8+. The standard InChI is InChI=1S/C45H50N6O3S2.C38H36N4O2S2.2C2H4S2.CH4N/c1-43(2)36-17-11-18-37-44(3,4)41-32-15-8-6-13-30(32)20-22-35(41)51(37)27-24-39(53)49-48-33(16-9-10-25-46)42(54)45(55-56-45)28-47-38(52)23-26-50(36)34-21-19-29-12-5-7-14-31(29)40(34)43;1-36(2)30-14-9-15-31-37(3,4)35-27-13-8-6-11-25(27)17-19-29(35)42(31)23-21-33(44)40-38(45-46-38)39-32(43)20-22-41(30)28-18-16-24-10-5-7-12-26(24)34(28)36;2*1-2-3-4-2;1-2/h5-8,11-15,17-22,33,48H,9-10,16,23-28,46H2,1-4H3,(H-,47,49,52,53);5-19H,20-23H2,1-4H3,(H-,39,40,43,44);2*2H,1H3;2H,1H3/q;;;;-1/p+2/t33-;;;;/m0..../s1. The monoisotopic (exact) mass is 1650 g/mol. The van der Waals surface area contributed by atoms with Crippen molar-refractivity contribution < 1.29 is 33.1 Å². The maximum absolute atomic E-state index is 14.1. The van der Waals surface area contributed by atoms with E-state index in [0.29, 0.717) is 52.0 Å². The third-order valence-corrected chi connectivity index (χ3v) is 32.5. The summed E-state index contributed by atoms with van der Waals surface area (Å²) in [5.41, 5.74) is 30.3. The van der Waals surface area contributed by atoms with Crippen molar-refractivity contribution in [3.63, 3.8) is 0 Å². The van der Waals surface area contributed by atoms with Crippen LogP contribution in [0.25, 0.3) is 48.8 Å². The van der Waals surface area contributed by atoms with Crippen molar-refractivity contribution in [1.29, 1.82) is 0 Å². The highest BCUT2D eigenvalue weighted by molar-refractivity contribution is 8.94. The van der Waals surface area contributed by atoms with Crippen LogP contribution in [-0.2, 0) is 45.6 Å². The van der Waals surface area contributed by atoms with E-state index in [1.807, 2.05) is 43.2 Å². The van der Waals surface area contributed by atoms with Crippen LogP contribution < -0.4 is 42.3 Å². The van der Waals surface area contributed by atoms with E-state index in [0.717, 1.165) is 56.2 Å². The molecule has 0 saturated carbocycles. The van der Waals surface area contributed by atoms with Crippen molar-refractivity contribution in [3.8, 4) is 0 Å². The quantitative estimate of drug-likeness (QED) is 0.0419. The lowest BCUT2D eigenvalue weighted by Crippen LogP contribution is -2.53. The predicted octanol–water partition coefficient (Wildman–Crippen LogP) is 19.1. The second-order valence-electron chi connectivity index (χ2n) is 31.4. The summed E-state index contributed by atoms with van der Waals surface area (Å²) in [6.45, 7) is 25.4. The van der Waals surface area contributed by atoms with Crippen LogP contribution in [0.5, 0.6) is 0 Å². The maximum Gasteiger partial charge on any atom is 0.235 e. The van der Waals surface area contributed by atoms with E-state index in [1.165, 1.54) is 127 Å². The fourth-order valence-corrected chi connectivity index (χ4v) is 21.3. The van der Waals surface area contributed by atoms with Crippen molar-refractivity contribution in [2.24, 2.45) is 5.73 Å². The number of ketones is 1. The summed E-state index contributed by atoms with van der Waals surface area (Å²) >= 11 is 0. The first kappa shape index (κ1) is 81.5. The minimum absolute atomic E-state index is 0.0327. The third kappa shape index (κ3) is 16.7. The van der Waals surface area contributed by atoms with Gasteiger partial charge in [0.15, 0.2) is 34.4 Å². The molecule has 8 aromatic carbocycles. The zero-order valence-electron chi connectivity index (χ0n) is 65.4. The molecule has 0 unspecified atom stereocenters. The summed E-state index contributed by atoms with van der Waals surface area (Å²) < 4.78 is 4.86. The molecule has 4 saturated heterocycles. The molecule has 584 valence electrons. The lowest BCUT2D eigenvalue weighted by atomic mass is 9.79. The van der Waals surface area contributed by atoms with E-state index in [1.54, 1.807) is 0 Å². The van der Waals surface area contributed by atoms with Gasteiger partial charge < -0.3 is 37.2 Å². The molecule has 8 N–H and O–H groups in total. The number of carbonyl (C=O) groups is 5. The largest absolute Gasteiger partial charge is 0.680 e. The van der Waals surface area contributed by atoms with Crippen molar-refractivity contribution >= 4 is 193 Å². The third-order valence-electron chi connectivity index (χ3n) is 22.5. The van der Waals surface area contributed by atoms with Crippen LogP contribution in [0.3, 0.4) is 0 Å². The highest BCUT2D eigenvalue weighted by atomic mass is 33.2. The van der Waals surface area contributed by atoms with Gasteiger partial charge in [0.05, 0.1) is 45.4 Å². The number of nitrogens with zero attached hydrogens (tertiary/aromatic N) is 4. The molecule has 18 rings (SSSR count). The molecule has 16 nitrogen and oxygen atoms in total. The smallest absolute Gasteiger partial charge is 0.235 e. The average molecular weight is 1650 g/mol. The molecule has 10 aliphatic heterocycles. The highest BCUT2D eigenvalue weighted by Gasteiger charge is 2.56. The van der Waals surface area contributed by atoms with Crippen LogP contribution in [0.2, 0.25) is 0 Å². The van der Waals surface area contributed by atoms with Gasteiger partial charge in [-0.25, -0.2) is 5.43 Å². The molecule has 24 heteroatoms. The summed E-state index contributed by atoms with van der Waals surface area (Å²) in [6.07, 6.45) is 16.4. The number of nitrogens with one attached hydrogen (secondary N) is 6. The molecule has 10 heterocycles. The normalized spacial score (nSPS) is 23.2. The molecule has 0 aliphatic carbocycles. The maximum atomic E-state index is 14.1. The molecule has 0 bridgehead atoms. The van der Waals surface area contributed by atoms with Crippen molar-refractivity contribution in [3.05, 3.63) is 221 Å². The van der Waals surface area contributed by atoms with Gasteiger partial charge in [-0.2, -0.15) is 16.2 Å². The molecule has 0 radical (unpaired) electrons. The van der Waals surface area contributed by atoms with Crippen LogP contribution in [0.4, 0.5) is 22.7 Å². The molecule has 4 fully saturated rings. The van der Waals surface area contributed by atoms with Crippen LogP contribution in [0, 0.1) is 0 Å². The van der Waals surface area contributed by atoms with Gasteiger partial charge in [0.2, 0.25) is 39.3 Å². The van der Waals surface area contributed by atoms with Gasteiger partial charge >= 0.3 is 0 Å². The number of Topliss-reactive ketones (excluding diaryl/α,β-unsaturated/α-hetero) is 1. The lowest BCUT2D eigenvalue weighted by molar-refractivity contribution is -0.436. The van der Waals surface area contributed by atoms with Gasteiger partial charge in [-0.15, -0.1) is 0 Å². The number of hydrazine groups is 1.